The molecule has 3 heterocycles. The molecule has 3 aliphatic rings. The molecule has 3 aliphatic heterocycles. The molecule has 1 amide bonds. The second-order valence-electron chi connectivity index (χ2n) is 7.05. The van der Waals surface area contributed by atoms with E-state index in [1.807, 2.05) is 23.1 Å². The third-order valence-electron chi connectivity index (χ3n) is 5.11. The van der Waals surface area contributed by atoms with Crippen LogP contribution in [0, 0.1) is 0 Å². The zero-order valence-corrected chi connectivity index (χ0v) is 15.0. The molecule has 0 N–H and O–H groups in total. The van der Waals surface area contributed by atoms with Crippen LogP contribution in [0.25, 0.3) is 0 Å². The summed E-state index contributed by atoms with van der Waals surface area (Å²) >= 11 is 0. The van der Waals surface area contributed by atoms with E-state index in [-0.39, 0.29) is 30.6 Å². The van der Waals surface area contributed by atoms with Gasteiger partial charge in [0.05, 0.1) is 19.6 Å². The van der Waals surface area contributed by atoms with Crippen LogP contribution >= 0.6 is 0 Å². The van der Waals surface area contributed by atoms with Crippen molar-refractivity contribution >= 4 is 23.1 Å². The molecule has 1 saturated heterocycles. The minimum absolute atomic E-state index is 0.0113. The molecular formula is C20H23N3O3. The maximum absolute atomic E-state index is 13.0. The van der Waals surface area contributed by atoms with Crippen LogP contribution in [0.2, 0.25) is 0 Å². The van der Waals surface area contributed by atoms with E-state index < -0.39 is 0 Å². The quantitative estimate of drug-likeness (QED) is 0.833. The number of para-hydroxylation sites is 1. The zero-order chi connectivity index (χ0) is 18.1. The van der Waals surface area contributed by atoms with Crippen LogP contribution in [0.3, 0.4) is 0 Å². The minimum Gasteiger partial charge on any atom is -0.378 e. The predicted molar refractivity (Wildman–Crippen MR) is 99.2 cm³/mol. The van der Waals surface area contributed by atoms with Gasteiger partial charge in [0.25, 0.3) is 0 Å². The van der Waals surface area contributed by atoms with E-state index in [1.165, 1.54) is 5.56 Å². The summed E-state index contributed by atoms with van der Waals surface area (Å²) in [5.74, 6) is 0.693. The molecule has 1 aromatic rings. The number of morpholine rings is 1. The summed E-state index contributed by atoms with van der Waals surface area (Å²) in [4.78, 5) is 33.6. The number of ether oxygens (including phenoxy) is 1. The molecule has 0 spiro atoms. The number of hydrogen-bond acceptors (Lipinski definition) is 5. The first-order valence-corrected chi connectivity index (χ1v) is 9.15. The van der Waals surface area contributed by atoms with E-state index in [1.54, 1.807) is 6.08 Å². The molecule has 0 radical (unpaired) electrons. The van der Waals surface area contributed by atoms with Crippen LogP contribution in [-0.4, -0.2) is 54.6 Å². The summed E-state index contributed by atoms with van der Waals surface area (Å²) in [7, 11) is 0. The summed E-state index contributed by atoms with van der Waals surface area (Å²) in [6.07, 6.45) is 2.87. The number of carbonyl (C=O) groups is 2. The molecule has 0 aliphatic carbocycles. The standard InChI is InChI=1S/C20H23N3O3/c1-14-10-15-4-2-3-5-18(15)23(14)20(25)12-16-11-17(24)13-19(21-16)22-6-8-26-9-7-22/h2-5,13-14H,6-12H2,1H3. The topological polar surface area (TPSA) is 62.2 Å². The number of nitrogens with zero attached hydrogens (tertiary/aromatic N) is 3. The van der Waals surface area contributed by atoms with Gasteiger partial charge in [0.2, 0.25) is 5.91 Å². The van der Waals surface area contributed by atoms with E-state index in [2.05, 4.69) is 22.9 Å². The number of benzene rings is 1. The van der Waals surface area contributed by atoms with Gasteiger partial charge in [-0.2, -0.15) is 0 Å². The molecule has 1 aromatic carbocycles. The van der Waals surface area contributed by atoms with Gasteiger partial charge >= 0.3 is 0 Å². The SMILES string of the molecule is CC1Cc2ccccc2N1C(=O)CC1=NC(N2CCOCC2)=CC(=O)C1. The lowest BCUT2D eigenvalue weighted by Crippen LogP contribution is -2.38. The highest BCUT2D eigenvalue weighted by Gasteiger charge is 2.31. The molecule has 6 nitrogen and oxygen atoms in total. The van der Waals surface area contributed by atoms with Gasteiger partial charge in [0.1, 0.15) is 5.82 Å². The summed E-state index contributed by atoms with van der Waals surface area (Å²) in [5.41, 5.74) is 2.83. The Morgan fingerprint density at radius 3 is 2.85 bits per heavy atom. The van der Waals surface area contributed by atoms with Crippen molar-refractivity contribution in [1.29, 1.82) is 0 Å². The van der Waals surface area contributed by atoms with Crippen molar-refractivity contribution in [3.63, 3.8) is 0 Å². The van der Waals surface area contributed by atoms with Crippen molar-refractivity contribution in [3.05, 3.63) is 41.7 Å². The second kappa shape index (κ2) is 7.03. The Morgan fingerprint density at radius 1 is 1.27 bits per heavy atom. The molecule has 1 atom stereocenters. The van der Waals surface area contributed by atoms with Crippen molar-refractivity contribution in [2.24, 2.45) is 4.99 Å². The van der Waals surface area contributed by atoms with Crippen molar-refractivity contribution in [2.45, 2.75) is 32.2 Å². The lowest BCUT2D eigenvalue weighted by molar-refractivity contribution is -0.117. The number of carbonyl (C=O) groups excluding carboxylic acids is 2. The first kappa shape index (κ1) is 17.0. The lowest BCUT2D eigenvalue weighted by atomic mass is 10.1. The largest absolute Gasteiger partial charge is 0.378 e. The average Bonchev–Trinajstić information content (AvgIpc) is 2.97. The molecule has 4 rings (SSSR count). The van der Waals surface area contributed by atoms with Gasteiger partial charge in [-0.05, 0) is 25.0 Å². The molecule has 1 unspecified atom stereocenters. The predicted octanol–water partition coefficient (Wildman–Crippen LogP) is 1.94. The highest BCUT2D eigenvalue weighted by atomic mass is 16.5. The summed E-state index contributed by atoms with van der Waals surface area (Å²) in [5, 5.41) is 0. The van der Waals surface area contributed by atoms with E-state index in [0.29, 0.717) is 24.7 Å². The Labute approximate surface area is 153 Å². The normalized spacial score (nSPS) is 22.8. The van der Waals surface area contributed by atoms with Crippen LogP contribution in [0.15, 0.2) is 41.2 Å². The smallest absolute Gasteiger partial charge is 0.232 e. The number of anilines is 1. The second-order valence-corrected chi connectivity index (χ2v) is 7.05. The highest BCUT2D eigenvalue weighted by molar-refractivity contribution is 6.16. The Hall–Kier alpha value is -2.47. The number of amides is 1. The summed E-state index contributed by atoms with van der Waals surface area (Å²) in [6.45, 7) is 4.78. The van der Waals surface area contributed by atoms with Crippen molar-refractivity contribution in [3.8, 4) is 0 Å². The van der Waals surface area contributed by atoms with Crippen LogP contribution in [0.4, 0.5) is 5.69 Å². The molecule has 26 heavy (non-hydrogen) atoms. The number of rotatable bonds is 3. The van der Waals surface area contributed by atoms with Gasteiger partial charge in [-0.15, -0.1) is 0 Å². The maximum Gasteiger partial charge on any atom is 0.232 e. The number of fused-ring (bicyclic) bond motifs is 1. The van der Waals surface area contributed by atoms with Gasteiger partial charge in [0, 0.05) is 43.0 Å². The monoisotopic (exact) mass is 353 g/mol. The number of aliphatic imine (C=N–C) groups is 1. The van der Waals surface area contributed by atoms with Crippen molar-refractivity contribution < 1.29 is 14.3 Å². The molecule has 0 aromatic heterocycles. The molecule has 136 valence electrons. The number of ketones is 1. The van der Waals surface area contributed by atoms with Gasteiger partial charge in [-0.25, -0.2) is 4.99 Å². The number of allylic oxidation sites excluding steroid dienone is 1. The van der Waals surface area contributed by atoms with Crippen LogP contribution < -0.4 is 4.90 Å². The Bertz CT molecular complexity index is 793. The first-order chi connectivity index (χ1) is 12.6. The Morgan fingerprint density at radius 2 is 2.04 bits per heavy atom. The third-order valence-corrected chi connectivity index (χ3v) is 5.11. The zero-order valence-electron chi connectivity index (χ0n) is 15.0. The van der Waals surface area contributed by atoms with Gasteiger partial charge in [-0.3, -0.25) is 9.59 Å². The van der Waals surface area contributed by atoms with Gasteiger partial charge in [-0.1, -0.05) is 18.2 Å². The number of hydrogen-bond donors (Lipinski definition) is 0. The lowest BCUT2D eigenvalue weighted by Gasteiger charge is -2.30. The van der Waals surface area contributed by atoms with E-state index in [0.717, 1.165) is 25.2 Å². The molecule has 1 fully saturated rings. The fourth-order valence-corrected chi connectivity index (χ4v) is 3.89. The highest BCUT2D eigenvalue weighted by Crippen LogP contribution is 2.32. The van der Waals surface area contributed by atoms with Gasteiger partial charge < -0.3 is 14.5 Å². The summed E-state index contributed by atoms with van der Waals surface area (Å²) in [6, 6.07) is 8.15. The summed E-state index contributed by atoms with van der Waals surface area (Å²) < 4.78 is 5.36. The molecule has 0 bridgehead atoms. The van der Waals surface area contributed by atoms with Crippen molar-refractivity contribution in [1.82, 2.24) is 4.90 Å². The van der Waals surface area contributed by atoms with E-state index in [9.17, 15) is 9.59 Å². The Kier molecular flexibility index (Phi) is 4.59. The molecular weight excluding hydrogens is 330 g/mol. The van der Waals surface area contributed by atoms with Crippen LogP contribution in [0.1, 0.15) is 25.3 Å². The van der Waals surface area contributed by atoms with Crippen molar-refractivity contribution in [2.75, 3.05) is 31.2 Å². The van der Waals surface area contributed by atoms with E-state index in [4.69, 9.17) is 4.74 Å². The fraction of sp³-hybridized carbons (Fsp3) is 0.450. The minimum atomic E-state index is 0.0113. The molecule has 0 saturated carbocycles. The third kappa shape index (κ3) is 3.29. The average molecular weight is 353 g/mol. The van der Waals surface area contributed by atoms with Crippen LogP contribution in [0.5, 0.6) is 0 Å². The maximum atomic E-state index is 13.0. The van der Waals surface area contributed by atoms with Crippen LogP contribution in [-0.2, 0) is 20.7 Å². The van der Waals surface area contributed by atoms with E-state index >= 15 is 0 Å². The van der Waals surface area contributed by atoms with Gasteiger partial charge in [0.15, 0.2) is 5.78 Å². The first-order valence-electron chi connectivity index (χ1n) is 9.15. The fourth-order valence-electron chi connectivity index (χ4n) is 3.89. The molecule has 6 heteroatoms. The Balaban J connectivity index is 1.51.